The molecule has 0 spiro atoms. The summed E-state index contributed by atoms with van der Waals surface area (Å²) in [5.41, 5.74) is 9.99. The summed E-state index contributed by atoms with van der Waals surface area (Å²) in [6.07, 6.45) is 2.17. The van der Waals surface area contributed by atoms with E-state index in [4.69, 9.17) is 10.7 Å². The van der Waals surface area contributed by atoms with Gasteiger partial charge in [-0.3, -0.25) is 0 Å². The standard InChI is InChI=1S/C18H22BrN5/c1-10-6-13-15(11-2-4-22-8-11)18(24-5-3-12(21)9-24)23-17(13)14(7-20)16(10)19/h6,11-12,15,22H,2-5,8-9,21H2,1H3/t11-,12+,15?/m0/s1. The number of benzene rings is 1. The summed E-state index contributed by atoms with van der Waals surface area (Å²) in [4.78, 5) is 7.32. The molecule has 24 heavy (non-hydrogen) atoms. The molecule has 1 aromatic carbocycles. The number of aryl methyl sites for hydroxylation is 1. The van der Waals surface area contributed by atoms with Gasteiger partial charge in [0.2, 0.25) is 0 Å². The largest absolute Gasteiger partial charge is 0.358 e. The SMILES string of the molecule is Cc1cc2c(c(C#N)c1Br)N=C(N1CC[C@@H](N)C1)C2[C@H]1CCNC1. The summed E-state index contributed by atoms with van der Waals surface area (Å²) in [6.45, 7) is 5.96. The van der Waals surface area contributed by atoms with Gasteiger partial charge in [-0.25, -0.2) is 4.99 Å². The number of aliphatic imine (C=N–C) groups is 1. The van der Waals surface area contributed by atoms with Gasteiger partial charge in [-0.05, 0) is 65.8 Å². The van der Waals surface area contributed by atoms with Crippen LogP contribution < -0.4 is 11.1 Å². The van der Waals surface area contributed by atoms with Crippen LogP contribution >= 0.6 is 15.9 Å². The molecule has 3 N–H and O–H groups in total. The fourth-order valence-electron chi connectivity index (χ4n) is 4.28. The van der Waals surface area contributed by atoms with E-state index in [0.717, 1.165) is 60.6 Å². The van der Waals surface area contributed by atoms with Crippen LogP contribution in [-0.4, -0.2) is 43.0 Å². The highest BCUT2D eigenvalue weighted by molar-refractivity contribution is 9.10. The Balaban J connectivity index is 1.83. The van der Waals surface area contributed by atoms with Crippen molar-refractivity contribution >= 4 is 27.5 Å². The Kier molecular flexibility index (Phi) is 4.11. The first-order valence-corrected chi connectivity index (χ1v) is 9.42. The average Bonchev–Trinajstić information content (AvgIpc) is 3.27. The molecule has 3 atom stereocenters. The Labute approximate surface area is 151 Å². The molecule has 0 saturated carbocycles. The Morgan fingerprint density at radius 2 is 2.29 bits per heavy atom. The predicted molar refractivity (Wildman–Crippen MR) is 98.6 cm³/mol. The topological polar surface area (TPSA) is 77.4 Å². The van der Waals surface area contributed by atoms with Crippen LogP contribution in [0.1, 0.15) is 35.4 Å². The Morgan fingerprint density at radius 1 is 1.46 bits per heavy atom. The molecule has 3 aliphatic rings. The lowest BCUT2D eigenvalue weighted by molar-refractivity contribution is 0.452. The zero-order valence-corrected chi connectivity index (χ0v) is 15.4. The second-order valence-electron chi connectivity index (χ2n) is 7.13. The number of hydrogen-bond donors (Lipinski definition) is 2. The highest BCUT2D eigenvalue weighted by Gasteiger charge is 2.41. The third-order valence-electron chi connectivity index (χ3n) is 5.52. The molecule has 2 fully saturated rings. The van der Waals surface area contributed by atoms with Gasteiger partial charge in [-0.2, -0.15) is 5.26 Å². The van der Waals surface area contributed by atoms with Crippen LogP contribution in [0, 0.1) is 24.2 Å². The Morgan fingerprint density at radius 3 is 2.92 bits per heavy atom. The molecular formula is C18H22BrN5. The van der Waals surface area contributed by atoms with E-state index in [1.807, 2.05) is 0 Å². The summed E-state index contributed by atoms with van der Waals surface area (Å²) < 4.78 is 0.871. The van der Waals surface area contributed by atoms with Crippen LogP contribution in [0.15, 0.2) is 15.5 Å². The molecule has 0 bridgehead atoms. The molecule has 0 radical (unpaired) electrons. The van der Waals surface area contributed by atoms with Crippen molar-refractivity contribution in [3.05, 3.63) is 27.2 Å². The quantitative estimate of drug-likeness (QED) is 0.775. The van der Waals surface area contributed by atoms with Gasteiger partial charge in [0.05, 0.1) is 11.3 Å². The van der Waals surface area contributed by atoms with E-state index in [-0.39, 0.29) is 12.0 Å². The third-order valence-corrected chi connectivity index (χ3v) is 6.54. The number of amidine groups is 1. The number of fused-ring (bicyclic) bond motifs is 1. The van der Waals surface area contributed by atoms with E-state index < -0.39 is 0 Å². The van der Waals surface area contributed by atoms with Crippen molar-refractivity contribution in [1.82, 2.24) is 10.2 Å². The van der Waals surface area contributed by atoms with Crippen molar-refractivity contribution in [3.8, 4) is 6.07 Å². The number of rotatable bonds is 1. The Hall–Kier alpha value is -1.42. The van der Waals surface area contributed by atoms with E-state index in [1.165, 1.54) is 5.56 Å². The first kappa shape index (κ1) is 16.1. The van der Waals surface area contributed by atoms with Crippen LogP contribution in [0.25, 0.3) is 0 Å². The fourth-order valence-corrected chi connectivity index (χ4v) is 4.67. The molecule has 4 rings (SSSR count). The average molecular weight is 388 g/mol. The fraction of sp³-hybridized carbons (Fsp3) is 0.556. The number of nitriles is 1. The van der Waals surface area contributed by atoms with Crippen molar-refractivity contribution in [2.24, 2.45) is 16.6 Å². The molecule has 0 aliphatic carbocycles. The van der Waals surface area contributed by atoms with E-state index >= 15 is 0 Å². The van der Waals surface area contributed by atoms with Crippen LogP contribution in [0.5, 0.6) is 0 Å². The van der Waals surface area contributed by atoms with Gasteiger partial charge in [0.25, 0.3) is 0 Å². The van der Waals surface area contributed by atoms with Gasteiger partial charge in [0, 0.05) is 29.5 Å². The van der Waals surface area contributed by atoms with Crippen LogP contribution in [-0.2, 0) is 0 Å². The molecular weight excluding hydrogens is 366 g/mol. The smallest absolute Gasteiger partial charge is 0.113 e. The minimum absolute atomic E-state index is 0.225. The van der Waals surface area contributed by atoms with E-state index in [1.54, 1.807) is 0 Å². The number of nitrogens with two attached hydrogens (primary N) is 1. The summed E-state index contributed by atoms with van der Waals surface area (Å²) >= 11 is 3.57. The molecule has 1 aromatic rings. The van der Waals surface area contributed by atoms with Crippen molar-refractivity contribution in [2.75, 3.05) is 26.2 Å². The second-order valence-corrected chi connectivity index (χ2v) is 7.92. The van der Waals surface area contributed by atoms with E-state index in [0.29, 0.717) is 11.5 Å². The molecule has 0 amide bonds. The number of nitrogens with zero attached hydrogens (tertiary/aromatic N) is 3. The van der Waals surface area contributed by atoms with Crippen LogP contribution in [0.2, 0.25) is 0 Å². The van der Waals surface area contributed by atoms with Crippen molar-refractivity contribution < 1.29 is 0 Å². The predicted octanol–water partition coefficient (Wildman–Crippen LogP) is 2.40. The maximum absolute atomic E-state index is 9.66. The normalized spacial score (nSPS) is 28.8. The third kappa shape index (κ3) is 2.46. The molecule has 0 aromatic heterocycles. The van der Waals surface area contributed by atoms with Crippen LogP contribution in [0.4, 0.5) is 5.69 Å². The van der Waals surface area contributed by atoms with Crippen LogP contribution in [0.3, 0.4) is 0 Å². The second kappa shape index (κ2) is 6.14. The van der Waals surface area contributed by atoms with Gasteiger partial charge in [0.1, 0.15) is 11.9 Å². The maximum atomic E-state index is 9.66. The molecule has 5 nitrogen and oxygen atoms in total. The minimum atomic E-state index is 0.225. The Bertz CT molecular complexity index is 745. The molecule has 2 saturated heterocycles. The number of hydrogen-bond acceptors (Lipinski definition) is 5. The monoisotopic (exact) mass is 387 g/mol. The molecule has 3 heterocycles. The first-order chi connectivity index (χ1) is 11.6. The molecule has 126 valence electrons. The lowest BCUT2D eigenvalue weighted by Gasteiger charge is -2.28. The summed E-state index contributed by atoms with van der Waals surface area (Å²) in [5.74, 6) is 1.94. The van der Waals surface area contributed by atoms with Gasteiger partial charge in [0.15, 0.2) is 0 Å². The molecule has 6 heteroatoms. The summed E-state index contributed by atoms with van der Waals surface area (Å²) in [6, 6.07) is 4.80. The first-order valence-electron chi connectivity index (χ1n) is 8.63. The highest BCUT2D eigenvalue weighted by atomic mass is 79.9. The number of nitrogens with one attached hydrogen (secondary N) is 1. The van der Waals surface area contributed by atoms with E-state index in [2.05, 4.69) is 45.2 Å². The minimum Gasteiger partial charge on any atom is -0.358 e. The van der Waals surface area contributed by atoms with Crippen molar-refractivity contribution in [2.45, 2.75) is 31.7 Å². The highest BCUT2D eigenvalue weighted by Crippen LogP contribution is 2.47. The lowest BCUT2D eigenvalue weighted by Crippen LogP contribution is -2.37. The number of halogens is 1. The van der Waals surface area contributed by atoms with Crippen molar-refractivity contribution in [1.29, 1.82) is 5.26 Å². The summed E-state index contributed by atoms with van der Waals surface area (Å²) in [5, 5.41) is 13.1. The van der Waals surface area contributed by atoms with E-state index in [9.17, 15) is 5.26 Å². The zero-order chi connectivity index (χ0) is 16.8. The van der Waals surface area contributed by atoms with Gasteiger partial charge in [-0.1, -0.05) is 6.07 Å². The van der Waals surface area contributed by atoms with Gasteiger partial charge in [-0.15, -0.1) is 0 Å². The van der Waals surface area contributed by atoms with Gasteiger partial charge >= 0.3 is 0 Å². The molecule has 1 unspecified atom stereocenters. The van der Waals surface area contributed by atoms with Crippen molar-refractivity contribution in [3.63, 3.8) is 0 Å². The number of likely N-dealkylation sites (tertiary alicyclic amines) is 1. The van der Waals surface area contributed by atoms with Gasteiger partial charge < -0.3 is 16.0 Å². The maximum Gasteiger partial charge on any atom is 0.113 e. The molecule has 3 aliphatic heterocycles. The zero-order valence-electron chi connectivity index (χ0n) is 13.8. The summed E-state index contributed by atoms with van der Waals surface area (Å²) in [7, 11) is 0. The lowest BCUT2D eigenvalue weighted by atomic mass is 9.83.